The Morgan fingerprint density at radius 3 is 1.58 bits per heavy atom. The number of hydrogen-bond donors (Lipinski definition) is 1. The van der Waals surface area contributed by atoms with Crippen molar-refractivity contribution < 1.29 is 41.0 Å². The minimum absolute atomic E-state index is 0.136. The van der Waals surface area contributed by atoms with Crippen molar-refractivity contribution in [3.63, 3.8) is 0 Å². The van der Waals surface area contributed by atoms with Gasteiger partial charge in [0.25, 0.3) is 0 Å². The fourth-order valence-electron chi connectivity index (χ4n) is 2.29. The lowest BCUT2D eigenvalue weighted by atomic mass is 10.0. The first-order valence-corrected chi connectivity index (χ1v) is 8.62. The van der Waals surface area contributed by atoms with E-state index in [9.17, 15) is 31.1 Å². The summed E-state index contributed by atoms with van der Waals surface area (Å²) in [5, 5.41) is 8.80. The summed E-state index contributed by atoms with van der Waals surface area (Å²) in [5.41, 5.74) is -5.49. The van der Waals surface area contributed by atoms with E-state index in [1.54, 1.807) is 0 Å². The third-order valence-corrected chi connectivity index (χ3v) is 3.90. The quantitative estimate of drug-likeness (QED) is 0.196. The van der Waals surface area contributed by atoms with Crippen molar-refractivity contribution in [3.05, 3.63) is 12.7 Å². The number of ether oxygens (including phenoxy) is 1. The SMILES string of the molecule is C=CCCCCCCCCCCCOC(=O)C(O)(C(F)(F)F)C(F)(F)F. The molecule has 26 heavy (non-hydrogen) atoms. The summed E-state index contributed by atoms with van der Waals surface area (Å²) in [5.74, 6) is -2.74. The van der Waals surface area contributed by atoms with E-state index in [0.29, 0.717) is 6.42 Å². The van der Waals surface area contributed by atoms with Gasteiger partial charge in [-0.05, 0) is 19.3 Å². The first kappa shape index (κ1) is 24.8. The van der Waals surface area contributed by atoms with Crippen LogP contribution in [-0.4, -0.2) is 35.6 Å². The summed E-state index contributed by atoms with van der Waals surface area (Å²) in [4.78, 5) is 11.1. The molecule has 0 aromatic heterocycles. The summed E-state index contributed by atoms with van der Waals surface area (Å²) in [6.07, 6.45) is -1.84. The monoisotopic (exact) mass is 392 g/mol. The Morgan fingerprint density at radius 2 is 1.19 bits per heavy atom. The van der Waals surface area contributed by atoms with Gasteiger partial charge in [-0.1, -0.05) is 51.0 Å². The van der Waals surface area contributed by atoms with Crippen LogP contribution in [0.25, 0.3) is 0 Å². The first-order valence-electron chi connectivity index (χ1n) is 8.62. The van der Waals surface area contributed by atoms with Gasteiger partial charge in [-0.3, -0.25) is 0 Å². The summed E-state index contributed by atoms with van der Waals surface area (Å²) < 4.78 is 78.5. The van der Waals surface area contributed by atoms with Crippen molar-refractivity contribution in [2.75, 3.05) is 6.61 Å². The zero-order valence-electron chi connectivity index (χ0n) is 14.6. The fraction of sp³-hybridized carbons (Fsp3) is 0.824. The highest BCUT2D eigenvalue weighted by Crippen LogP contribution is 2.43. The van der Waals surface area contributed by atoms with Gasteiger partial charge in [0.15, 0.2) is 0 Å². The number of esters is 1. The number of halogens is 6. The number of rotatable bonds is 13. The molecule has 0 aliphatic rings. The van der Waals surface area contributed by atoms with Crippen LogP contribution in [0.4, 0.5) is 26.3 Å². The van der Waals surface area contributed by atoms with Gasteiger partial charge in [0.2, 0.25) is 0 Å². The molecular weight excluding hydrogens is 366 g/mol. The van der Waals surface area contributed by atoms with Crippen molar-refractivity contribution in [2.24, 2.45) is 0 Å². The summed E-state index contributed by atoms with van der Waals surface area (Å²) in [6, 6.07) is 0. The summed E-state index contributed by atoms with van der Waals surface area (Å²) in [6.45, 7) is 3.03. The van der Waals surface area contributed by atoms with E-state index in [4.69, 9.17) is 5.11 Å². The number of aliphatic hydroxyl groups is 1. The standard InChI is InChI=1S/C17H26F6O3/c1-2-3-4-5-6-7-8-9-10-11-12-13-26-14(24)15(25,16(18,19)20)17(21,22)23/h2,25H,1,3-13H2. The normalized spacial score (nSPS) is 12.9. The van der Waals surface area contributed by atoms with Crippen LogP contribution in [0.15, 0.2) is 12.7 Å². The molecule has 0 rings (SSSR count). The third-order valence-electron chi connectivity index (χ3n) is 3.90. The highest BCUT2D eigenvalue weighted by atomic mass is 19.4. The minimum atomic E-state index is -6.20. The van der Waals surface area contributed by atoms with Crippen molar-refractivity contribution in [3.8, 4) is 0 Å². The molecule has 0 aliphatic carbocycles. The van der Waals surface area contributed by atoms with E-state index >= 15 is 0 Å². The second kappa shape index (κ2) is 11.5. The van der Waals surface area contributed by atoms with Gasteiger partial charge in [0, 0.05) is 0 Å². The molecule has 0 spiro atoms. The van der Waals surface area contributed by atoms with Crippen molar-refractivity contribution in [1.29, 1.82) is 0 Å². The lowest BCUT2D eigenvalue weighted by Gasteiger charge is -2.29. The van der Waals surface area contributed by atoms with Crippen LogP contribution in [0.2, 0.25) is 0 Å². The van der Waals surface area contributed by atoms with Gasteiger partial charge >= 0.3 is 23.9 Å². The predicted octanol–water partition coefficient (Wildman–Crippen LogP) is 5.47. The molecule has 0 aromatic rings. The average molecular weight is 392 g/mol. The fourth-order valence-corrected chi connectivity index (χ4v) is 2.29. The van der Waals surface area contributed by atoms with Gasteiger partial charge in [0.1, 0.15) is 0 Å². The zero-order chi connectivity index (χ0) is 20.3. The third kappa shape index (κ3) is 7.97. The number of hydrogen-bond acceptors (Lipinski definition) is 3. The van der Waals surface area contributed by atoms with Gasteiger partial charge in [0.05, 0.1) is 6.61 Å². The molecule has 154 valence electrons. The number of alkyl halides is 6. The molecular formula is C17H26F6O3. The van der Waals surface area contributed by atoms with Crippen LogP contribution in [0.5, 0.6) is 0 Å². The Bertz CT molecular complexity index is 404. The highest BCUT2D eigenvalue weighted by molar-refractivity contribution is 5.81. The van der Waals surface area contributed by atoms with Gasteiger partial charge < -0.3 is 9.84 Å². The van der Waals surface area contributed by atoms with E-state index in [2.05, 4.69) is 11.3 Å². The Labute approximate surface area is 149 Å². The van der Waals surface area contributed by atoms with Crippen LogP contribution >= 0.6 is 0 Å². The smallest absolute Gasteiger partial charge is 0.437 e. The largest absolute Gasteiger partial charge is 0.463 e. The highest BCUT2D eigenvalue weighted by Gasteiger charge is 2.76. The molecule has 0 saturated carbocycles. The van der Waals surface area contributed by atoms with Gasteiger partial charge in [-0.25, -0.2) is 4.79 Å². The zero-order valence-corrected chi connectivity index (χ0v) is 14.6. The molecule has 0 saturated heterocycles. The molecule has 9 heteroatoms. The Hall–Kier alpha value is -1.25. The maximum absolute atomic E-state index is 12.4. The lowest BCUT2D eigenvalue weighted by molar-refractivity contribution is -0.356. The van der Waals surface area contributed by atoms with Crippen LogP contribution < -0.4 is 0 Å². The maximum atomic E-state index is 12.4. The van der Waals surface area contributed by atoms with E-state index in [1.807, 2.05) is 6.08 Å². The molecule has 0 bridgehead atoms. The topological polar surface area (TPSA) is 46.5 Å². The molecule has 0 radical (unpaired) electrons. The van der Waals surface area contributed by atoms with Gasteiger partial charge in [-0.2, -0.15) is 26.3 Å². The lowest BCUT2D eigenvalue weighted by Crippen LogP contribution is -2.63. The Balaban J connectivity index is 3.93. The first-order chi connectivity index (χ1) is 12.0. The second-order valence-electron chi connectivity index (χ2n) is 6.10. The van der Waals surface area contributed by atoms with E-state index in [-0.39, 0.29) is 6.42 Å². The molecule has 0 aliphatic heterocycles. The number of allylic oxidation sites excluding steroid dienone is 1. The van der Waals surface area contributed by atoms with Crippen molar-refractivity contribution >= 4 is 5.97 Å². The second-order valence-corrected chi connectivity index (χ2v) is 6.10. The molecule has 0 fully saturated rings. The predicted molar refractivity (Wildman–Crippen MR) is 84.4 cm³/mol. The van der Waals surface area contributed by atoms with Crippen LogP contribution in [0, 0.1) is 0 Å². The minimum Gasteiger partial charge on any atom is -0.463 e. The molecule has 0 heterocycles. The van der Waals surface area contributed by atoms with E-state index < -0.39 is 30.5 Å². The molecule has 0 atom stereocenters. The Morgan fingerprint density at radius 1 is 0.808 bits per heavy atom. The van der Waals surface area contributed by atoms with Crippen LogP contribution in [-0.2, 0) is 9.53 Å². The number of carbonyl (C=O) groups excluding carboxylic acids is 1. The molecule has 0 amide bonds. The molecule has 0 aromatic carbocycles. The summed E-state index contributed by atoms with van der Waals surface area (Å²) in [7, 11) is 0. The maximum Gasteiger partial charge on any atom is 0.437 e. The van der Waals surface area contributed by atoms with Gasteiger partial charge in [-0.15, -0.1) is 6.58 Å². The molecule has 1 N–H and O–H groups in total. The van der Waals surface area contributed by atoms with E-state index in [1.165, 1.54) is 0 Å². The summed E-state index contributed by atoms with van der Waals surface area (Å²) >= 11 is 0. The molecule has 0 unspecified atom stereocenters. The van der Waals surface area contributed by atoms with Crippen molar-refractivity contribution in [2.45, 2.75) is 82.2 Å². The number of carbonyl (C=O) groups is 1. The van der Waals surface area contributed by atoms with Crippen LogP contribution in [0.3, 0.4) is 0 Å². The van der Waals surface area contributed by atoms with Crippen molar-refractivity contribution in [1.82, 2.24) is 0 Å². The molecule has 3 nitrogen and oxygen atoms in total. The average Bonchev–Trinajstić information content (AvgIpc) is 2.52. The number of unbranched alkanes of at least 4 members (excludes halogenated alkanes) is 9. The van der Waals surface area contributed by atoms with E-state index in [0.717, 1.165) is 51.4 Å². The Kier molecular flexibility index (Phi) is 10.9. The van der Waals surface area contributed by atoms with Crippen LogP contribution in [0.1, 0.15) is 64.2 Å².